The number of nitrogens with two attached hydrogens (primary N) is 1. The normalized spacial score (nSPS) is 9.83. The lowest BCUT2D eigenvalue weighted by Crippen LogP contribution is -2.13. The summed E-state index contributed by atoms with van der Waals surface area (Å²) in [6.07, 6.45) is 0. The Morgan fingerprint density at radius 2 is 1.83 bits per heavy atom. The maximum absolute atomic E-state index is 10.6. The zero-order valence-corrected chi connectivity index (χ0v) is 7.10. The fraction of sp³-hybridized carbons (Fsp3) is 0. The molecule has 3 N–H and O–H groups in total. The molecule has 0 aromatic carbocycles. The van der Waals surface area contributed by atoms with Gasteiger partial charge in [-0.2, -0.15) is 0 Å². The van der Waals surface area contributed by atoms with Crippen molar-refractivity contribution in [1.29, 1.82) is 0 Å². The number of nitrogens with zero attached hydrogens (tertiary/aromatic N) is 2. The van der Waals surface area contributed by atoms with Crippen molar-refractivity contribution in [1.82, 2.24) is 10.2 Å². The smallest absolute Gasteiger partial charge is 0.255 e. The second-order valence-electron chi connectivity index (χ2n) is 1.87. The Morgan fingerprint density at radius 3 is 2.25 bits per heavy atom. The zero-order valence-electron chi connectivity index (χ0n) is 5.58. The monoisotopic (exact) mass is 207 g/mol. The van der Waals surface area contributed by atoms with Crippen LogP contribution in [0.1, 0.15) is 10.4 Å². The molecule has 0 aliphatic rings. The van der Waals surface area contributed by atoms with Gasteiger partial charge in [0.25, 0.3) is 5.91 Å². The fourth-order valence-corrected chi connectivity index (χ4v) is 0.957. The Morgan fingerprint density at radius 1 is 1.33 bits per heavy atom. The maximum atomic E-state index is 10.6. The molecule has 1 heterocycles. The first kappa shape index (κ1) is 9.02. The van der Waals surface area contributed by atoms with Crippen LogP contribution in [0.25, 0.3) is 0 Å². The van der Waals surface area contributed by atoms with Crippen molar-refractivity contribution in [3.8, 4) is 5.75 Å². The second kappa shape index (κ2) is 3.12. The van der Waals surface area contributed by atoms with Gasteiger partial charge in [0.2, 0.25) is 0 Å². The van der Waals surface area contributed by atoms with E-state index in [1.54, 1.807) is 0 Å². The molecule has 0 bridgehead atoms. The number of aromatic hydroxyl groups is 1. The quantitative estimate of drug-likeness (QED) is 0.706. The number of aromatic nitrogens is 2. The predicted molar refractivity (Wildman–Crippen MR) is 42.2 cm³/mol. The highest BCUT2D eigenvalue weighted by molar-refractivity contribution is 6.35. The number of carbonyl (C=O) groups excluding carboxylic acids is 1. The summed E-state index contributed by atoms with van der Waals surface area (Å²) in [7, 11) is 0. The molecule has 12 heavy (non-hydrogen) atoms. The van der Waals surface area contributed by atoms with Gasteiger partial charge in [0.1, 0.15) is 5.56 Å². The molecule has 0 saturated heterocycles. The minimum atomic E-state index is -0.908. The van der Waals surface area contributed by atoms with Gasteiger partial charge in [0.05, 0.1) is 0 Å². The van der Waals surface area contributed by atoms with E-state index in [-0.39, 0.29) is 15.9 Å². The summed E-state index contributed by atoms with van der Waals surface area (Å²) in [4.78, 5) is 10.6. The average Bonchev–Trinajstić information content (AvgIpc) is 1.97. The van der Waals surface area contributed by atoms with Crippen molar-refractivity contribution in [2.24, 2.45) is 5.73 Å². The molecule has 0 radical (unpaired) electrons. The third kappa shape index (κ3) is 1.41. The largest absolute Gasteiger partial charge is 0.504 e. The summed E-state index contributed by atoms with van der Waals surface area (Å²) < 4.78 is 0. The van der Waals surface area contributed by atoms with Crippen LogP contribution in [0.4, 0.5) is 0 Å². The molecule has 0 unspecified atom stereocenters. The molecule has 7 heteroatoms. The SMILES string of the molecule is NC(=O)c1c(Cl)nnc(Cl)c1O. The van der Waals surface area contributed by atoms with Gasteiger partial charge in [-0.1, -0.05) is 23.2 Å². The molecule has 0 fully saturated rings. The van der Waals surface area contributed by atoms with E-state index in [0.29, 0.717) is 0 Å². The highest BCUT2D eigenvalue weighted by atomic mass is 35.5. The molecule has 5 nitrogen and oxygen atoms in total. The van der Waals surface area contributed by atoms with Crippen LogP contribution in [0, 0.1) is 0 Å². The minimum absolute atomic E-state index is 0.274. The van der Waals surface area contributed by atoms with Gasteiger partial charge < -0.3 is 10.8 Å². The molecule has 0 atom stereocenters. The van der Waals surface area contributed by atoms with E-state index in [9.17, 15) is 4.79 Å². The maximum Gasteiger partial charge on any atom is 0.255 e. The number of carbonyl (C=O) groups is 1. The van der Waals surface area contributed by atoms with E-state index in [1.807, 2.05) is 0 Å². The molecule has 0 aliphatic carbocycles. The van der Waals surface area contributed by atoms with E-state index in [1.165, 1.54) is 0 Å². The minimum Gasteiger partial charge on any atom is -0.504 e. The number of rotatable bonds is 1. The zero-order chi connectivity index (χ0) is 9.30. The van der Waals surface area contributed by atoms with Gasteiger partial charge in [0.15, 0.2) is 16.1 Å². The van der Waals surface area contributed by atoms with E-state index in [4.69, 9.17) is 34.0 Å². The van der Waals surface area contributed by atoms with Crippen molar-refractivity contribution in [2.75, 3.05) is 0 Å². The van der Waals surface area contributed by atoms with Crippen LogP contribution in [-0.4, -0.2) is 21.2 Å². The van der Waals surface area contributed by atoms with Crippen molar-refractivity contribution < 1.29 is 9.90 Å². The van der Waals surface area contributed by atoms with Crippen molar-refractivity contribution in [3.05, 3.63) is 15.9 Å². The fourth-order valence-electron chi connectivity index (χ4n) is 0.604. The summed E-state index contributed by atoms with van der Waals surface area (Å²) in [6, 6.07) is 0. The van der Waals surface area contributed by atoms with Crippen LogP contribution in [0.5, 0.6) is 5.75 Å². The summed E-state index contributed by atoms with van der Waals surface area (Å²) in [5.74, 6) is -1.46. The average molecular weight is 208 g/mol. The lowest BCUT2D eigenvalue weighted by molar-refractivity contribution is 0.0997. The summed E-state index contributed by atoms with van der Waals surface area (Å²) >= 11 is 10.7. The first-order valence-electron chi connectivity index (χ1n) is 2.74. The van der Waals surface area contributed by atoms with Crippen molar-refractivity contribution in [3.63, 3.8) is 0 Å². The Balaban J connectivity index is 3.43. The highest BCUT2D eigenvalue weighted by Crippen LogP contribution is 2.28. The van der Waals surface area contributed by atoms with Gasteiger partial charge in [-0.05, 0) is 0 Å². The van der Waals surface area contributed by atoms with Crippen LogP contribution in [0.15, 0.2) is 0 Å². The van der Waals surface area contributed by atoms with E-state index < -0.39 is 11.7 Å². The van der Waals surface area contributed by atoms with Gasteiger partial charge in [-0.15, -0.1) is 10.2 Å². The number of primary amides is 1. The molecular formula is C5H3Cl2N3O2. The predicted octanol–water partition coefficient (Wildman–Crippen LogP) is 0.588. The van der Waals surface area contributed by atoms with E-state index in [2.05, 4.69) is 10.2 Å². The number of amides is 1. The standard InChI is InChI=1S/C5H3Cl2N3O2/c6-3-1(5(8)12)2(11)4(7)10-9-3/h(H2,8,12)(H,9,11). The van der Waals surface area contributed by atoms with E-state index >= 15 is 0 Å². The lowest BCUT2D eigenvalue weighted by atomic mass is 10.3. The van der Waals surface area contributed by atoms with Crippen LogP contribution >= 0.6 is 23.2 Å². The van der Waals surface area contributed by atoms with Crippen LogP contribution in [0.2, 0.25) is 10.3 Å². The van der Waals surface area contributed by atoms with Crippen molar-refractivity contribution >= 4 is 29.1 Å². The molecule has 0 aliphatic heterocycles. The molecule has 1 amide bonds. The molecular weight excluding hydrogens is 205 g/mol. The van der Waals surface area contributed by atoms with Gasteiger partial charge in [-0.25, -0.2) is 0 Å². The third-order valence-corrected chi connectivity index (χ3v) is 1.63. The third-order valence-electron chi connectivity index (χ3n) is 1.11. The molecule has 1 rings (SSSR count). The number of hydrogen-bond acceptors (Lipinski definition) is 4. The lowest BCUT2D eigenvalue weighted by Gasteiger charge is -2.01. The topological polar surface area (TPSA) is 89.1 Å². The summed E-state index contributed by atoms with van der Waals surface area (Å²) in [5.41, 5.74) is 4.55. The van der Waals surface area contributed by atoms with Crippen molar-refractivity contribution in [2.45, 2.75) is 0 Å². The van der Waals surface area contributed by atoms with Gasteiger partial charge >= 0.3 is 0 Å². The Kier molecular flexibility index (Phi) is 2.35. The van der Waals surface area contributed by atoms with Crippen LogP contribution in [0.3, 0.4) is 0 Å². The first-order chi connectivity index (χ1) is 5.54. The molecule has 0 saturated carbocycles. The molecule has 1 aromatic rings. The van der Waals surface area contributed by atoms with Crippen LogP contribution < -0.4 is 5.73 Å². The first-order valence-corrected chi connectivity index (χ1v) is 3.50. The Labute approximate surface area is 77.1 Å². The summed E-state index contributed by atoms with van der Waals surface area (Å²) in [6.45, 7) is 0. The van der Waals surface area contributed by atoms with Crippen LogP contribution in [-0.2, 0) is 0 Å². The highest BCUT2D eigenvalue weighted by Gasteiger charge is 2.17. The van der Waals surface area contributed by atoms with Gasteiger partial charge in [-0.3, -0.25) is 4.79 Å². The van der Waals surface area contributed by atoms with E-state index in [0.717, 1.165) is 0 Å². The molecule has 0 spiro atoms. The van der Waals surface area contributed by atoms with Gasteiger partial charge in [0, 0.05) is 0 Å². The molecule has 64 valence electrons. The number of hydrogen-bond donors (Lipinski definition) is 2. The molecule has 1 aromatic heterocycles. The number of halogens is 2. The Bertz CT molecular complexity index is 342. The summed E-state index contributed by atoms with van der Waals surface area (Å²) in [5, 5.41) is 15.1. The Hall–Kier alpha value is -1.07. The second-order valence-corrected chi connectivity index (χ2v) is 2.59.